The zero-order chi connectivity index (χ0) is 27.0. The van der Waals surface area contributed by atoms with E-state index in [1.165, 1.54) is 6.07 Å². The van der Waals surface area contributed by atoms with Crippen molar-refractivity contribution in [3.8, 4) is 0 Å². The Labute approximate surface area is 227 Å². The van der Waals surface area contributed by atoms with Crippen LogP contribution in [0.5, 0.6) is 0 Å². The van der Waals surface area contributed by atoms with Crippen molar-refractivity contribution in [3.63, 3.8) is 0 Å². The van der Waals surface area contributed by atoms with Gasteiger partial charge in [0.1, 0.15) is 6.61 Å². The van der Waals surface area contributed by atoms with Crippen molar-refractivity contribution in [1.29, 1.82) is 0 Å². The zero-order valence-electron chi connectivity index (χ0n) is 21.7. The predicted molar refractivity (Wildman–Crippen MR) is 148 cm³/mol. The fourth-order valence-corrected chi connectivity index (χ4v) is 5.16. The molecule has 0 radical (unpaired) electrons. The van der Waals surface area contributed by atoms with Crippen LogP contribution in [0, 0.1) is 11.6 Å². The first-order chi connectivity index (χ1) is 19.1. The average Bonchev–Trinajstić information content (AvgIpc) is 3.61. The second-order valence-electron chi connectivity index (χ2n) is 9.85. The SMILES string of the molecule is O=C(NCc1ccc(F)c(F)c1)c1cc(/C=N/OCc2ccccc2)n(Cc2ccccc2)c1C1CCCC1. The molecule has 7 heteroatoms. The van der Waals surface area contributed by atoms with Gasteiger partial charge in [0.15, 0.2) is 11.6 Å². The van der Waals surface area contributed by atoms with Gasteiger partial charge in [0, 0.05) is 24.7 Å². The summed E-state index contributed by atoms with van der Waals surface area (Å²) in [6, 6.07) is 25.4. The van der Waals surface area contributed by atoms with Crippen molar-refractivity contribution < 1.29 is 18.4 Å². The third-order valence-electron chi connectivity index (χ3n) is 7.11. The van der Waals surface area contributed by atoms with Crippen LogP contribution < -0.4 is 5.32 Å². The van der Waals surface area contributed by atoms with Crippen molar-refractivity contribution in [3.05, 3.63) is 130 Å². The molecule has 4 aromatic rings. The first-order valence-electron chi connectivity index (χ1n) is 13.3. The van der Waals surface area contributed by atoms with Gasteiger partial charge in [-0.15, -0.1) is 0 Å². The number of hydrogen-bond acceptors (Lipinski definition) is 3. The Balaban J connectivity index is 1.44. The Hall–Kier alpha value is -4.26. The van der Waals surface area contributed by atoms with Crippen LogP contribution in [0.15, 0.2) is 90.1 Å². The highest BCUT2D eigenvalue weighted by Gasteiger charge is 2.28. The van der Waals surface area contributed by atoms with E-state index in [0.717, 1.165) is 60.3 Å². The summed E-state index contributed by atoms with van der Waals surface area (Å²) in [6.07, 6.45) is 5.89. The molecule has 1 N–H and O–H groups in total. The van der Waals surface area contributed by atoms with Crippen LogP contribution in [0.2, 0.25) is 0 Å². The number of benzene rings is 3. The minimum Gasteiger partial charge on any atom is -0.391 e. The van der Waals surface area contributed by atoms with Gasteiger partial charge in [0.25, 0.3) is 5.91 Å². The molecule has 5 rings (SSSR count). The van der Waals surface area contributed by atoms with Crippen molar-refractivity contribution in [2.45, 2.75) is 51.3 Å². The predicted octanol–water partition coefficient (Wildman–Crippen LogP) is 6.95. The Kier molecular flexibility index (Phi) is 8.46. The van der Waals surface area contributed by atoms with Gasteiger partial charge in [-0.1, -0.05) is 84.7 Å². The number of carbonyl (C=O) groups is 1. The molecule has 0 aliphatic heterocycles. The molecule has 1 aromatic heterocycles. The lowest BCUT2D eigenvalue weighted by Crippen LogP contribution is -2.24. The Morgan fingerprint density at radius 3 is 2.28 bits per heavy atom. The molecule has 1 heterocycles. The fourth-order valence-electron chi connectivity index (χ4n) is 5.16. The summed E-state index contributed by atoms with van der Waals surface area (Å²) in [6.45, 7) is 1.02. The topological polar surface area (TPSA) is 55.6 Å². The molecule has 0 bridgehead atoms. The molecule has 3 aromatic carbocycles. The van der Waals surface area contributed by atoms with Gasteiger partial charge in [-0.2, -0.15) is 0 Å². The molecule has 1 amide bonds. The van der Waals surface area contributed by atoms with Gasteiger partial charge in [0.2, 0.25) is 0 Å². The van der Waals surface area contributed by atoms with E-state index < -0.39 is 11.6 Å². The third kappa shape index (κ3) is 6.60. The lowest BCUT2D eigenvalue weighted by Gasteiger charge is -2.18. The van der Waals surface area contributed by atoms with E-state index in [0.29, 0.717) is 24.3 Å². The summed E-state index contributed by atoms with van der Waals surface area (Å²) in [5.74, 6) is -1.86. The smallest absolute Gasteiger partial charge is 0.253 e. The number of oxime groups is 1. The molecule has 0 saturated heterocycles. The number of nitrogens with zero attached hydrogens (tertiary/aromatic N) is 2. The molecular weight excluding hydrogens is 496 g/mol. The minimum absolute atomic E-state index is 0.0909. The summed E-state index contributed by atoms with van der Waals surface area (Å²) >= 11 is 0. The standard InChI is InChI=1S/C32H31F2N3O2/c33-29-16-15-25(17-30(29)34)19-35-32(38)28-18-27(20-36-39-22-24-11-5-2-6-12-24)37(21-23-9-3-1-4-10-23)31(28)26-13-7-8-14-26/h1-6,9-12,15-18,20,26H,7-8,13-14,19,21-22H2,(H,35,38)/b36-20+. The molecule has 5 nitrogen and oxygen atoms in total. The first-order valence-corrected chi connectivity index (χ1v) is 13.3. The van der Waals surface area contributed by atoms with Crippen molar-refractivity contribution in [2.24, 2.45) is 5.16 Å². The lowest BCUT2D eigenvalue weighted by atomic mass is 9.99. The van der Waals surface area contributed by atoms with Crippen LogP contribution in [0.3, 0.4) is 0 Å². The molecule has 0 unspecified atom stereocenters. The molecule has 0 atom stereocenters. The number of amides is 1. The second kappa shape index (κ2) is 12.5. The summed E-state index contributed by atoms with van der Waals surface area (Å²) in [5.41, 5.74) is 4.93. The van der Waals surface area contributed by atoms with E-state index in [1.807, 2.05) is 54.6 Å². The monoisotopic (exact) mass is 527 g/mol. The van der Waals surface area contributed by atoms with Crippen molar-refractivity contribution in [2.75, 3.05) is 0 Å². The summed E-state index contributed by atoms with van der Waals surface area (Å²) in [7, 11) is 0. The molecule has 1 saturated carbocycles. The minimum atomic E-state index is -0.934. The van der Waals surface area contributed by atoms with E-state index in [-0.39, 0.29) is 18.4 Å². The number of hydrogen-bond donors (Lipinski definition) is 1. The van der Waals surface area contributed by atoms with Crippen LogP contribution in [-0.2, 0) is 24.5 Å². The van der Waals surface area contributed by atoms with Gasteiger partial charge in [-0.3, -0.25) is 4.79 Å². The molecular formula is C32H31F2N3O2. The van der Waals surface area contributed by atoms with Gasteiger partial charge < -0.3 is 14.7 Å². The highest BCUT2D eigenvalue weighted by molar-refractivity contribution is 5.98. The van der Waals surface area contributed by atoms with Crippen LogP contribution in [-0.4, -0.2) is 16.7 Å². The number of aromatic nitrogens is 1. The van der Waals surface area contributed by atoms with Gasteiger partial charge >= 0.3 is 0 Å². The highest BCUT2D eigenvalue weighted by atomic mass is 19.2. The van der Waals surface area contributed by atoms with Crippen LogP contribution in [0.4, 0.5) is 8.78 Å². The molecule has 39 heavy (non-hydrogen) atoms. The van der Waals surface area contributed by atoms with E-state index in [9.17, 15) is 13.6 Å². The first kappa shape index (κ1) is 26.4. The Morgan fingerprint density at radius 2 is 1.59 bits per heavy atom. The maximum absolute atomic E-state index is 13.7. The van der Waals surface area contributed by atoms with E-state index in [1.54, 1.807) is 6.21 Å². The van der Waals surface area contributed by atoms with Crippen LogP contribution in [0.1, 0.15) is 70.0 Å². The molecule has 1 fully saturated rings. The molecule has 200 valence electrons. The lowest BCUT2D eigenvalue weighted by molar-refractivity contribution is 0.0949. The van der Waals surface area contributed by atoms with E-state index in [2.05, 4.69) is 27.2 Å². The number of nitrogens with one attached hydrogen (secondary N) is 1. The van der Waals surface area contributed by atoms with Crippen molar-refractivity contribution >= 4 is 12.1 Å². The summed E-state index contributed by atoms with van der Waals surface area (Å²) in [5, 5.41) is 7.14. The third-order valence-corrected chi connectivity index (χ3v) is 7.11. The summed E-state index contributed by atoms with van der Waals surface area (Å²) < 4.78 is 29.2. The Morgan fingerprint density at radius 1 is 0.897 bits per heavy atom. The van der Waals surface area contributed by atoms with Crippen molar-refractivity contribution in [1.82, 2.24) is 9.88 Å². The fraction of sp³-hybridized carbons (Fsp3) is 0.250. The molecule has 1 aliphatic rings. The quantitative estimate of drug-likeness (QED) is 0.179. The average molecular weight is 528 g/mol. The van der Waals surface area contributed by atoms with Gasteiger partial charge in [-0.25, -0.2) is 8.78 Å². The largest absolute Gasteiger partial charge is 0.391 e. The zero-order valence-corrected chi connectivity index (χ0v) is 21.7. The maximum Gasteiger partial charge on any atom is 0.253 e. The number of rotatable bonds is 10. The van der Waals surface area contributed by atoms with E-state index in [4.69, 9.17) is 4.84 Å². The van der Waals surface area contributed by atoms with Crippen LogP contribution in [0.25, 0.3) is 0 Å². The summed E-state index contributed by atoms with van der Waals surface area (Å²) in [4.78, 5) is 19.1. The maximum atomic E-state index is 13.7. The second-order valence-corrected chi connectivity index (χ2v) is 9.85. The van der Waals surface area contributed by atoms with E-state index >= 15 is 0 Å². The molecule has 1 aliphatic carbocycles. The number of carbonyl (C=O) groups excluding carboxylic acids is 1. The van der Waals surface area contributed by atoms with Gasteiger partial charge in [-0.05, 0) is 47.7 Å². The van der Waals surface area contributed by atoms with Crippen LogP contribution >= 0.6 is 0 Å². The number of halogens is 2. The highest BCUT2D eigenvalue weighted by Crippen LogP contribution is 2.37. The Bertz CT molecular complexity index is 1430. The van der Waals surface area contributed by atoms with Gasteiger partial charge in [0.05, 0.1) is 17.5 Å². The molecule has 0 spiro atoms. The normalized spacial score (nSPS) is 13.7.